The molecule has 1 atom stereocenters. The molecule has 2 aliphatic carbocycles. The van der Waals surface area contributed by atoms with Gasteiger partial charge in [-0.3, -0.25) is 0 Å². The van der Waals surface area contributed by atoms with Gasteiger partial charge in [-0.1, -0.05) is 17.7 Å². The highest BCUT2D eigenvalue weighted by Crippen LogP contribution is 2.35. The molecule has 0 saturated heterocycles. The van der Waals surface area contributed by atoms with Crippen molar-refractivity contribution in [1.82, 2.24) is 5.32 Å². The minimum absolute atomic E-state index is 0.471. The number of halogens is 1. The molecule has 0 amide bonds. The molecule has 1 fully saturated rings. The van der Waals surface area contributed by atoms with E-state index >= 15 is 0 Å². The Morgan fingerprint density at radius 2 is 2.18 bits per heavy atom. The molecule has 3 rings (SSSR count). The third-order valence-electron chi connectivity index (χ3n) is 4.05. The van der Waals surface area contributed by atoms with Crippen molar-refractivity contribution >= 4 is 11.6 Å². The second-order valence-corrected chi connectivity index (χ2v) is 5.56. The van der Waals surface area contributed by atoms with E-state index in [0.717, 1.165) is 24.3 Å². The van der Waals surface area contributed by atoms with Gasteiger partial charge in [-0.25, -0.2) is 0 Å². The molecule has 2 nitrogen and oxygen atoms in total. The largest absolute Gasteiger partial charge is 0.381 e. The number of nitrogens with one attached hydrogen (secondary N) is 1. The number of aryl methyl sites for hydroxylation is 1. The molecular weight excluding hydrogens is 234 g/mol. The molecule has 1 aromatic rings. The summed E-state index contributed by atoms with van der Waals surface area (Å²) in [5, 5.41) is 4.59. The monoisotopic (exact) mass is 251 g/mol. The van der Waals surface area contributed by atoms with Gasteiger partial charge in [0, 0.05) is 24.2 Å². The summed E-state index contributed by atoms with van der Waals surface area (Å²) in [7, 11) is 1.80. The van der Waals surface area contributed by atoms with Crippen LogP contribution in [0, 0.1) is 0 Å². The number of hydrogen-bond acceptors (Lipinski definition) is 2. The lowest BCUT2D eigenvalue weighted by molar-refractivity contribution is 0.0141. The molecule has 0 heterocycles. The third-order valence-corrected chi connectivity index (χ3v) is 4.28. The number of fused-ring (bicyclic) bond motifs is 1. The standard InChI is InChI=1S/C14H18ClNO/c1-17-12-7-11(8-12)16-14-5-2-9-6-10(15)3-4-13(9)14/h3-4,6,11-12,14,16H,2,5,7-8H2,1H3. The van der Waals surface area contributed by atoms with Crippen LogP contribution >= 0.6 is 11.6 Å². The van der Waals surface area contributed by atoms with Gasteiger partial charge in [-0.2, -0.15) is 0 Å². The van der Waals surface area contributed by atoms with Crippen LogP contribution in [0.3, 0.4) is 0 Å². The van der Waals surface area contributed by atoms with E-state index in [1.807, 2.05) is 6.07 Å². The fraction of sp³-hybridized carbons (Fsp3) is 0.571. The molecule has 2 aliphatic rings. The second-order valence-electron chi connectivity index (χ2n) is 5.13. The Bertz CT molecular complexity index is 415. The summed E-state index contributed by atoms with van der Waals surface area (Å²) < 4.78 is 5.31. The van der Waals surface area contributed by atoms with Crippen LogP contribution < -0.4 is 5.32 Å². The average molecular weight is 252 g/mol. The van der Waals surface area contributed by atoms with Crippen molar-refractivity contribution < 1.29 is 4.74 Å². The highest BCUT2D eigenvalue weighted by atomic mass is 35.5. The van der Waals surface area contributed by atoms with E-state index in [4.69, 9.17) is 16.3 Å². The quantitative estimate of drug-likeness (QED) is 0.892. The van der Waals surface area contributed by atoms with Crippen LogP contribution in [0.2, 0.25) is 5.02 Å². The summed E-state index contributed by atoms with van der Waals surface area (Å²) in [6, 6.07) is 7.43. The molecule has 0 radical (unpaired) electrons. The highest BCUT2D eigenvalue weighted by molar-refractivity contribution is 6.30. The van der Waals surface area contributed by atoms with E-state index in [-0.39, 0.29) is 0 Å². The van der Waals surface area contributed by atoms with Crippen molar-refractivity contribution in [2.45, 2.75) is 43.9 Å². The zero-order valence-electron chi connectivity index (χ0n) is 10.1. The number of hydrogen-bond donors (Lipinski definition) is 1. The van der Waals surface area contributed by atoms with Gasteiger partial charge in [0.05, 0.1) is 6.10 Å². The van der Waals surface area contributed by atoms with Crippen molar-refractivity contribution in [1.29, 1.82) is 0 Å². The maximum absolute atomic E-state index is 6.02. The van der Waals surface area contributed by atoms with Gasteiger partial charge in [0.2, 0.25) is 0 Å². The lowest BCUT2D eigenvalue weighted by Crippen LogP contribution is -2.46. The van der Waals surface area contributed by atoms with Gasteiger partial charge >= 0.3 is 0 Å². The maximum atomic E-state index is 6.02. The highest BCUT2D eigenvalue weighted by Gasteiger charge is 2.32. The smallest absolute Gasteiger partial charge is 0.0601 e. The Morgan fingerprint density at radius 1 is 1.35 bits per heavy atom. The van der Waals surface area contributed by atoms with Crippen LogP contribution in [-0.4, -0.2) is 19.3 Å². The number of rotatable bonds is 3. The maximum Gasteiger partial charge on any atom is 0.0601 e. The second kappa shape index (κ2) is 4.60. The van der Waals surface area contributed by atoms with E-state index in [9.17, 15) is 0 Å². The van der Waals surface area contributed by atoms with Crippen LogP contribution in [-0.2, 0) is 11.2 Å². The Kier molecular flexibility index (Phi) is 3.12. The molecule has 1 aromatic carbocycles. The SMILES string of the molecule is COC1CC(NC2CCc3cc(Cl)ccc32)C1. The molecule has 0 aliphatic heterocycles. The topological polar surface area (TPSA) is 21.3 Å². The minimum Gasteiger partial charge on any atom is -0.381 e. The van der Waals surface area contributed by atoms with Crippen molar-refractivity contribution in [2.75, 3.05) is 7.11 Å². The van der Waals surface area contributed by atoms with Crippen molar-refractivity contribution in [2.24, 2.45) is 0 Å². The molecule has 1 saturated carbocycles. The van der Waals surface area contributed by atoms with Crippen LogP contribution in [0.25, 0.3) is 0 Å². The predicted molar refractivity (Wildman–Crippen MR) is 69.5 cm³/mol. The fourth-order valence-electron chi connectivity index (χ4n) is 2.94. The average Bonchev–Trinajstić information content (AvgIpc) is 2.65. The first kappa shape index (κ1) is 11.5. The predicted octanol–water partition coefficient (Wildman–Crippen LogP) is 3.09. The molecule has 92 valence electrons. The number of benzene rings is 1. The fourth-order valence-corrected chi connectivity index (χ4v) is 3.13. The van der Waals surface area contributed by atoms with Crippen LogP contribution in [0.15, 0.2) is 18.2 Å². The number of methoxy groups -OCH3 is 1. The first-order valence-electron chi connectivity index (χ1n) is 6.33. The van der Waals surface area contributed by atoms with E-state index in [0.29, 0.717) is 18.2 Å². The first-order chi connectivity index (χ1) is 8.26. The van der Waals surface area contributed by atoms with E-state index in [2.05, 4.69) is 17.4 Å². The number of ether oxygens (including phenoxy) is 1. The summed E-state index contributed by atoms with van der Waals surface area (Å²) in [6.45, 7) is 0. The Labute approximate surface area is 107 Å². The zero-order chi connectivity index (χ0) is 11.8. The molecule has 3 heteroatoms. The van der Waals surface area contributed by atoms with Crippen LogP contribution in [0.1, 0.15) is 36.4 Å². The lowest BCUT2D eigenvalue weighted by Gasteiger charge is -2.36. The van der Waals surface area contributed by atoms with Crippen LogP contribution in [0.4, 0.5) is 0 Å². The molecule has 0 bridgehead atoms. The van der Waals surface area contributed by atoms with Gasteiger partial charge in [-0.05, 0) is 48.9 Å². The van der Waals surface area contributed by atoms with Crippen LogP contribution in [0.5, 0.6) is 0 Å². The summed E-state index contributed by atoms with van der Waals surface area (Å²) in [5.74, 6) is 0. The Balaban J connectivity index is 1.64. The van der Waals surface area contributed by atoms with Crippen molar-refractivity contribution in [3.63, 3.8) is 0 Å². The van der Waals surface area contributed by atoms with Gasteiger partial charge in [0.15, 0.2) is 0 Å². The third kappa shape index (κ3) is 2.22. The molecule has 0 aromatic heterocycles. The van der Waals surface area contributed by atoms with Crippen molar-refractivity contribution in [3.8, 4) is 0 Å². The molecule has 0 spiro atoms. The molecule has 1 unspecified atom stereocenters. The molecular formula is C14H18ClNO. The van der Waals surface area contributed by atoms with E-state index in [1.54, 1.807) is 7.11 Å². The normalized spacial score (nSPS) is 31.1. The summed E-state index contributed by atoms with van der Waals surface area (Å²) in [5.41, 5.74) is 2.85. The van der Waals surface area contributed by atoms with Gasteiger partial charge < -0.3 is 10.1 Å². The van der Waals surface area contributed by atoms with Gasteiger partial charge in [-0.15, -0.1) is 0 Å². The van der Waals surface area contributed by atoms with Gasteiger partial charge in [0.1, 0.15) is 0 Å². The Morgan fingerprint density at radius 3 is 2.94 bits per heavy atom. The molecule has 1 N–H and O–H groups in total. The molecule has 17 heavy (non-hydrogen) atoms. The summed E-state index contributed by atoms with van der Waals surface area (Å²) in [6.07, 6.45) is 5.11. The van der Waals surface area contributed by atoms with E-state index < -0.39 is 0 Å². The van der Waals surface area contributed by atoms with Gasteiger partial charge in [0.25, 0.3) is 0 Å². The zero-order valence-corrected chi connectivity index (χ0v) is 10.8. The lowest BCUT2D eigenvalue weighted by atomic mass is 9.88. The Hall–Kier alpha value is -0.570. The summed E-state index contributed by atoms with van der Waals surface area (Å²) in [4.78, 5) is 0. The first-order valence-corrected chi connectivity index (χ1v) is 6.71. The van der Waals surface area contributed by atoms with E-state index in [1.165, 1.54) is 17.5 Å². The minimum atomic E-state index is 0.471. The summed E-state index contributed by atoms with van der Waals surface area (Å²) >= 11 is 6.02. The van der Waals surface area contributed by atoms with Crippen molar-refractivity contribution in [3.05, 3.63) is 34.3 Å².